The molecule has 1 saturated heterocycles. The Kier molecular flexibility index (Phi) is 10.2. The van der Waals surface area contributed by atoms with Gasteiger partial charge in [-0.1, -0.05) is 6.08 Å². The van der Waals surface area contributed by atoms with Crippen LogP contribution in [-0.4, -0.2) is 31.1 Å². The molecule has 0 amide bonds. The van der Waals surface area contributed by atoms with Gasteiger partial charge in [0.05, 0.1) is 11.1 Å². The molecule has 0 saturated carbocycles. The molecule has 0 radical (unpaired) electrons. The van der Waals surface area contributed by atoms with Crippen molar-refractivity contribution in [3.63, 3.8) is 0 Å². The van der Waals surface area contributed by atoms with Gasteiger partial charge in [-0.3, -0.25) is 4.90 Å². The number of piperazine rings is 1. The van der Waals surface area contributed by atoms with Crippen LogP contribution < -0.4 is 5.32 Å². The predicted molar refractivity (Wildman–Crippen MR) is 97.6 cm³/mol. The van der Waals surface area contributed by atoms with Crippen molar-refractivity contribution in [2.75, 3.05) is 26.2 Å². The fourth-order valence-electron chi connectivity index (χ4n) is 3.08. The zero-order valence-electron chi connectivity index (χ0n) is 14.4. The topological polar surface area (TPSA) is 15.3 Å². The minimum atomic E-state index is -4.71. The van der Waals surface area contributed by atoms with E-state index in [9.17, 15) is 26.3 Å². The van der Waals surface area contributed by atoms with E-state index in [0.29, 0.717) is 50.8 Å². The van der Waals surface area contributed by atoms with Crippen LogP contribution >= 0.6 is 24.8 Å². The average molecular weight is 439 g/mol. The van der Waals surface area contributed by atoms with Gasteiger partial charge in [0, 0.05) is 32.2 Å². The number of alkyl halides is 6. The maximum Gasteiger partial charge on any atom is 0.416 e. The Hall–Kier alpha value is -0.960. The highest BCUT2D eigenvalue weighted by atomic mass is 35.5. The SMILES string of the molecule is C=CCC[C@@H](c1cc(C(F)(F)F)ccc1C(F)(F)F)N1CCNCC1.Cl.Cl. The van der Waals surface area contributed by atoms with Crippen LogP contribution in [0.5, 0.6) is 0 Å². The lowest BCUT2D eigenvalue weighted by atomic mass is 9.92. The highest BCUT2D eigenvalue weighted by molar-refractivity contribution is 5.85. The largest absolute Gasteiger partial charge is 0.416 e. The molecule has 0 aromatic heterocycles. The van der Waals surface area contributed by atoms with Gasteiger partial charge in [0.15, 0.2) is 0 Å². The number of hydrogen-bond acceptors (Lipinski definition) is 2. The van der Waals surface area contributed by atoms with E-state index in [2.05, 4.69) is 11.9 Å². The first-order valence-corrected chi connectivity index (χ1v) is 7.98. The first kappa shape index (κ1) is 26.0. The molecule has 2 nitrogen and oxygen atoms in total. The van der Waals surface area contributed by atoms with Crippen LogP contribution in [0.15, 0.2) is 30.9 Å². The minimum Gasteiger partial charge on any atom is -0.314 e. The van der Waals surface area contributed by atoms with Gasteiger partial charge in [0.25, 0.3) is 0 Å². The summed E-state index contributed by atoms with van der Waals surface area (Å²) in [7, 11) is 0. The summed E-state index contributed by atoms with van der Waals surface area (Å²) in [5.74, 6) is 0. The Labute approximate surface area is 166 Å². The molecule has 2 rings (SSSR count). The molecule has 1 aromatic rings. The molecule has 1 fully saturated rings. The molecular weight excluding hydrogens is 417 g/mol. The highest BCUT2D eigenvalue weighted by Crippen LogP contribution is 2.41. The Bertz CT molecular complexity index is 598. The van der Waals surface area contributed by atoms with Crippen molar-refractivity contribution in [3.05, 3.63) is 47.5 Å². The van der Waals surface area contributed by atoms with Gasteiger partial charge >= 0.3 is 12.4 Å². The number of allylic oxidation sites excluding steroid dienone is 1. The number of nitrogens with one attached hydrogen (secondary N) is 1. The Morgan fingerprint density at radius 1 is 1.04 bits per heavy atom. The fraction of sp³-hybridized carbons (Fsp3) is 0.529. The molecule has 0 aliphatic carbocycles. The van der Waals surface area contributed by atoms with E-state index in [1.807, 2.05) is 4.90 Å². The third-order valence-corrected chi connectivity index (χ3v) is 4.28. The van der Waals surface area contributed by atoms with Gasteiger partial charge in [0.1, 0.15) is 0 Å². The molecule has 27 heavy (non-hydrogen) atoms. The molecule has 0 unspecified atom stereocenters. The van der Waals surface area contributed by atoms with Gasteiger partial charge in [0.2, 0.25) is 0 Å². The number of rotatable bonds is 5. The molecule has 1 aliphatic rings. The normalized spacial score (nSPS) is 16.8. The molecule has 1 N–H and O–H groups in total. The Balaban J connectivity index is 0.00000338. The minimum absolute atomic E-state index is 0. The molecule has 156 valence electrons. The van der Waals surface area contributed by atoms with Gasteiger partial charge in [-0.15, -0.1) is 31.4 Å². The first-order valence-electron chi connectivity index (χ1n) is 7.98. The van der Waals surface area contributed by atoms with Gasteiger partial charge in [-0.25, -0.2) is 0 Å². The van der Waals surface area contributed by atoms with Crippen LogP contribution in [0.25, 0.3) is 0 Å². The van der Waals surface area contributed by atoms with E-state index >= 15 is 0 Å². The average Bonchev–Trinajstić information content (AvgIpc) is 2.54. The molecule has 1 aliphatic heterocycles. The summed E-state index contributed by atoms with van der Waals surface area (Å²) < 4.78 is 79.3. The van der Waals surface area contributed by atoms with Crippen molar-refractivity contribution >= 4 is 24.8 Å². The van der Waals surface area contributed by atoms with E-state index in [1.165, 1.54) is 0 Å². The van der Waals surface area contributed by atoms with Crippen LogP contribution in [0.2, 0.25) is 0 Å². The van der Waals surface area contributed by atoms with Crippen molar-refractivity contribution in [1.29, 1.82) is 0 Å². The summed E-state index contributed by atoms with van der Waals surface area (Å²) in [5.41, 5.74) is -2.38. The summed E-state index contributed by atoms with van der Waals surface area (Å²) >= 11 is 0. The lowest BCUT2D eigenvalue weighted by Crippen LogP contribution is -2.45. The lowest BCUT2D eigenvalue weighted by molar-refractivity contribution is -0.142. The summed E-state index contributed by atoms with van der Waals surface area (Å²) in [6.07, 6.45) is -7.13. The Morgan fingerprint density at radius 3 is 2.11 bits per heavy atom. The van der Waals surface area contributed by atoms with Gasteiger partial charge in [-0.05, 0) is 36.6 Å². The summed E-state index contributed by atoms with van der Waals surface area (Å²) in [5, 5.41) is 3.09. The molecule has 0 spiro atoms. The van der Waals surface area contributed by atoms with Crippen molar-refractivity contribution in [2.24, 2.45) is 0 Å². The van der Waals surface area contributed by atoms with Gasteiger partial charge < -0.3 is 5.32 Å². The second-order valence-corrected chi connectivity index (χ2v) is 5.97. The molecule has 1 atom stereocenters. The van der Waals surface area contributed by atoms with Crippen molar-refractivity contribution in [1.82, 2.24) is 10.2 Å². The van der Waals surface area contributed by atoms with Crippen molar-refractivity contribution in [2.45, 2.75) is 31.2 Å². The standard InChI is InChI=1S/C17H20F6N2.2ClH/c1-2-3-4-15(25-9-7-24-8-10-25)13-11-12(16(18,19)20)5-6-14(13)17(21,22)23;;/h2,5-6,11,15,24H,1,3-4,7-10H2;2*1H/t15-;;/m0../s1. The van der Waals surface area contributed by atoms with E-state index in [1.54, 1.807) is 6.08 Å². The fourth-order valence-corrected chi connectivity index (χ4v) is 3.08. The molecule has 0 bridgehead atoms. The number of halogens is 8. The third-order valence-electron chi connectivity index (χ3n) is 4.28. The van der Waals surface area contributed by atoms with Crippen molar-refractivity contribution in [3.8, 4) is 0 Å². The molecule has 1 aromatic carbocycles. The smallest absolute Gasteiger partial charge is 0.314 e. The molecule has 10 heteroatoms. The molecule has 1 heterocycles. The second-order valence-electron chi connectivity index (χ2n) is 5.97. The third kappa shape index (κ3) is 6.85. The number of nitrogens with zero attached hydrogens (tertiary/aromatic N) is 1. The van der Waals surface area contributed by atoms with E-state index < -0.39 is 29.5 Å². The highest BCUT2D eigenvalue weighted by Gasteiger charge is 2.39. The van der Waals surface area contributed by atoms with E-state index in [-0.39, 0.29) is 36.8 Å². The lowest BCUT2D eigenvalue weighted by Gasteiger charge is -2.36. The van der Waals surface area contributed by atoms with E-state index in [4.69, 9.17) is 0 Å². The zero-order chi connectivity index (χ0) is 18.7. The zero-order valence-corrected chi connectivity index (χ0v) is 16.0. The van der Waals surface area contributed by atoms with E-state index in [0.717, 1.165) is 0 Å². The Morgan fingerprint density at radius 2 is 1.63 bits per heavy atom. The number of benzene rings is 1. The van der Waals surface area contributed by atoms with Crippen LogP contribution in [-0.2, 0) is 12.4 Å². The number of hydrogen-bond donors (Lipinski definition) is 1. The summed E-state index contributed by atoms with van der Waals surface area (Å²) in [6.45, 7) is 5.71. The first-order chi connectivity index (χ1) is 11.6. The monoisotopic (exact) mass is 438 g/mol. The summed E-state index contributed by atoms with van der Waals surface area (Å²) in [4.78, 5) is 1.81. The second kappa shape index (κ2) is 10.5. The maximum atomic E-state index is 13.4. The van der Waals surface area contributed by atoms with Crippen LogP contribution in [0.4, 0.5) is 26.3 Å². The van der Waals surface area contributed by atoms with Gasteiger partial charge in [-0.2, -0.15) is 26.3 Å². The predicted octanol–water partition coefficient (Wildman–Crippen LogP) is 5.48. The summed E-state index contributed by atoms with van der Waals surface area (Å²) in [6, 6.07) is 0.952. The van der Waals surface area contributed by atoms with Crippen LogP contribution in [0, 0.1) is 0 Å². The van der Waals surface area contributed by atoms with Crippen LogP contribution in [0.1, 0.15) is 35.6 Å². The molecular formula is C17H22Cl2F6N2. The van der Waals surface area contributed by atoms with Crippen molar-refractivity contribution < 1.29 is 26.3 Å². The van der Waals surface area contributed by atoms with Crippen LogP contribution in [0.3, 0.4) is 0 Å². The maximum absolute atomic E-state index is 13.4. The quantitative estimate of drug-likeness (QED) is 0.483.